The van der Waals surface area contributed by atoms with E-state index in [4.69, 9.17) is 9.47 Å². The molecule has 1 aliphatic carbocycles. The second-order valence-electron chi connectivity index (χ2n) is 8.32. The number of benzene rings is 2. The van der Waals surface area contributed by atoms with Gasteiger partial charge in [0, 0.05) is 41.6 Å². The fourth-order valence-electron chi connectivity index (χ4n) is 4.66. The van der Waals surface area contributed by atoms with Crippen LogP contribution in [0.25, 0.3) is 10.9 Å². The van der Waals surface area contributed by atoms with Crippen LogP contribution >= 0.6 is 0 Å². The summed E-state index contributed by atoms with van der Waals surface area (Å²) in [6.45, 7) is 8.29. The molecule has 32 heavy (non-hydrogen) atoms. The molecule has 4 rings (SSSR count). The van der Waals surface area contributed by atoms with E-state index < -0.39 is 0 Å². The molecule has 0 saturated heterocycles. The lowest BCUT2D eigenvalue weighted by Gasteiger charge is -2.19. The number of fused-ring (bicyclic) bond motifs is 1. The summed E-state index contributed by atoms with van der Waals surface area (Å²) in [5.74, 6) is 1.49. The Morgan fingerprint density at radius 2 is 1.69 bits per heavy atom. The zero-order valence-electron chi connectivity index (χ0n) is 19.5. The summed E-state index contributed by atoms with van der Waals surface area (Å²) in [4.78, 5) is 4.58. The van der Waals surface area contributed by atoms with Crippen LogP contribution < -0.4 is 20.1 Å². The molecule has 1 saturated carbocycles. The number of nitrogens with zero attached hydrogens (tertiary/aromatic N) is 1. The van der Waals surface area contributed by atoms with Crippen molar-refractivity contribution in [1.29, 1.82) is 0 Å². The number of ether oxygens (including phenoxy) is 2. The molecule has 1 fully saturated rings. The van der Waals surface area contributed by atoms with Gasteiger partial charge in [-0.15, -0.1) is 0 Å². The summed E-state index contributed by atoms with van der Waals surface area (Å²) in [5.41, 5.74) is 5.79. The van der Waals surface area contributed by atoms with Crippen molar-refractivity contribution in [3.63, 3.8) is 0 Å². The van der Waals surface area contributed by atoms with E-state index in [1.807, 2.05) is 38.2 Å². The van der Waals surface area contributed by atoms with E-state index in [1.54, 1.807) is 0 Å². The third-order valence-electron chi connectivity index (χ3n) is 6.24. The lowest BCUT2D eigenvalue weighted by Crippen LogP contribution is -2.25. The lowest BCUT2D eigenvalue weighted by atomic mass is 10.0. The second-order valence-corrected chi connectivity index (χ2v) is 8.32. The Labute approximate surface area is 191 Å². The minimum atomic E-state index is 0.588. The Balaban J connectivity index is 1.65. The fourth-order valence-corrected chi connectivity index (χ4v) is 4.66. The number of aromatic nitrogens is 1. The molecule has 1 aromatic heterocycles. The largest absolute Gasteiger partial charge is 0.490 e. The maximum absolute atomic E-state index is 5.86. The molecule has 0 atom stereocenters. The van der Waals surface area contributed by atoms with Crippen LogP contribution in [0.3, 0.4) is 0 Å². The van der Waals surface area contributed by atoms with Crippen LogP contribution in [0, 0.1) is 0 Å². The lowest BCUT2D eigenvalue weighted by molar-refractivity contribution is 0.288. The van der Waals surface area contributed by atoms with Crippen LogP contribution in [-0.2, 0) is 13.0 Å². The molecule has 0 unspecified atom stereocenters. The summed E-state index contributed by atoms with van der Waals surface area (Å²) >= 11 is 0. The van der Waals surface area contributed by atoms with E-state index in [0.29, 0.717) is 19.3 Å². The number of anilines is 2. The van der Waals surface area contributed by atoms with Crippen molar-refractivity contribution in [2.75, 3.05) is 18.5 Å². The average molecular weight is 434 g/mol. The molecule has 1 heterocycles. The van der Waals surface area contributed by atoms with Crippen LogP contribution in [0.15, 0.2) is 42.6 Å². The van der Waals surface area contributed by atoms with E-state index in [-0.39, 0.29) is 0 Å². The monoisotopic (exact) mass is 433 g/mol. The predicted molar refractivity (Wildman–Crippen MR) is 132 cm³/mol. The van der Waals surface area contributed by atoms with Gasteiger partial charge in [-0.25, -0.2) is 0 Å². The van der Waals surface area contributed by atoms with Crippen LogP contribution in [0.4, 0.5) is 11.4 Å². The number of nitrogens with one attached hydrogen (secondary N) is 2. The molecule has 0 radical (unpaired) electrons. The minimum Gasteiger partial charge on any atom is -0.490 e. The normalized spacial score (nSPS) is 14.1. The highest BCUT2D eigenvalue weighted by atomic mass is 16.5. The highest BCUT2D eigenvalue weighted by Gasteiger charge is 2.16. The van der Waals surface area contributed by atoms with E-state index in [1.165, 1.54) is 36.8 Å². The molecule has 2 aromatic carbocycles. The van der Waals surface area contributed by atoms with Crippen LogP contribution in [0.5, 0.6) is 11.5 Å². The molecule has 0 aliphatic heterocycles. The van der Waals surface area contributed by atoms with Gasteiger partial charge in [-0.05, 0) is 62.4 Å². The SMILES string of the molecule is CCOc1cc2nccc(Nc3cccc(CNC4CCCC4)c3CC)c2cc1OCC. The standard InChI is InChI=1S/C27H35N3O2/c1-4-21-19(18-29-20-11-7-8-12-20)10-9-13-23(21)30-24-14-15-28-25-17-27(32-6-3)26(31-5-2)16-22(24)25/h9-10,13-17,20,29H,4-8,11-12,18H2,1-3H3,(H,28,30). The van der Waals surface area contributed by atoms with Crippen LogP contribution in [0.2, 0.25) is 0 Å². The van der Waals surface area contributed by atoms with Crippen molar-refractivity contribution >= 4 is 22.3 Å². The zero-order chi connectivity index (χ0) is 22.3. The van der Waals surface area contributed by atoms with Crippen LogP contribution in [0.1, 0.15) is 57.6 Å². The Kier molecular flexibility index (Phi) is 7.48. The van der Waals surface area contributed by atoms with Gasteiger partial charge in [-0.3, -0.25) is 4.98 Å². The summed E-state index contributed by atoms with van der Waals surface area (Å²) in [5, 5.41) is 8.48. The summed E-state index contributed by atoms with van der Waals surface area (Å²) < 4.78 is 11.6. The number of pyridine rings is 1. The first kappa shape index (κ1) is 22.4. The molecule has 0 spiro atoms. The Hall–Kier alpha value is -2.79. The molecule has 0 amide bonds. The van der Waals surface area contributed by atoms with E-state index in [9.17, 15) is 0 Å². The highest BCUT2D eigenvalue weighted by molar-refractivity contribution is 5.95. The van der Waals surface area contributed by atoms with Crippen molar-refractivity contribution in [2.24, 2.45) is 0 Å². The fraction of sp³-hybridized carbons (Fsp3) is 0.444. The third kappa shape index (κ3) is 4.99. The predicted octanol–water partition coefficient (Wildman–Crippen LogP) is 6.37. The van der Waals surface area contributed by atoms with Crippen molar-refractivity contribution in [2.45, 2.75) is 65.5 Å². The van der Waals surface area contributed by atoms with Gasteiger partial charge in [-0.2, -0.15) is 0 Å². The highest BCUT2D eigenvalue weighted by Crippen LogP contribution is 2.36. The maximum atomic E-state index is 5.86. The van der Waals surface area contributed by atoms with Gasteiger partial charge >= 0.3 is 0 Å². The zero-order valence-corrected chi connectivity index (χ0v) is 19.5. The molecule has 1 aliphatic rings. The van der Waals surface area contributed by atoms with Gasteiger partial charge in [0.15, 0.2) is 11.5 Å². The summed E-state index contributed by atoms with van der Waals surface area (Å²) in [6, 6.07) is 13.3. The first-order valence-electron chi connectivity index (χ1n) is 12.0. The molecule has 5 heteroatoms. The smallest absolute Gasteiger partial charge is 0.163 e. The average Bonchev–Trinajstić information content (AvgIpc) is 3.32. The van der Waals surface area contributed by atoms with Crippen molar-refractivity contribution in [3.05, 3.63) is 53.7 Å². The Morgan fingerprint density at radius 3 is 2.41 bits per heavy atom. The van der Waals surface area contributed by atoms with Gasteiger partial charge in [0.05, 0.1) is 18.7 Å². The van der Waals surface area contributed by atoms with E-state index in [0.717, 1.165) is 46.7 Å². The first-order valence-corrected chi connectivity index (χ1v) is 12.0. The van der Waals surface area contributed by atoms with Gasteiger partial charge in [-0.1, -0.05) is 31.9 Å². The third-order valence-corrected chi connectivity index (χ3v) is 6.24. The van der Waals surface area contributed by atoms with E-state index in [2.05, 4.69) is 40.7 Å². The molecule has 5 nitrogen and oxygen atoms in total. The topological polar surface area (TPSA) is 55.4 Å². The summed E-state index contributed by atoms with van der Waals surface area (Å²) in [6.07, 6.45) is 8.13. The first-order chi connectivity index (χ1) is 15.7. The van der Waals surface area contributed by atoms with Crippen molar-refractivity contribution in [1.82, 2.24) is 10.3 Å². The van der Waals surface area contributed by atoms with Gasteiger partial charge < -0.3 is 20.1 Å². The van der Waals surface area contributed by atoms with Gasteiger partial charge in [0.1, 0.15) is 0 Å². The molecule has 170 valence electrons. The second kappa shape index (κ2) is 10.7. The molecular formula is C27H35N3O2. The number of hydrogen-bond donors (Lipinski definition) is 2. The Morgan fingerprint density at radius 1 is 0.938 bits per heavy atom. The molecule has 3 aromatic rings. The quantitative estimate of drug-likeness (QED) is 0.389. The number of hydrogen-bond acceptors (Lipinski definition) is 5. The molecule has 2 N–H and O–H groups in total. The Bertz CT molecular complexity index is 1040. The van der Waals surface area contributed by atoms with Gasteiger partial charge in [0.2, 0.25) is 0 Å². The maximum Gasteiger partial charge on any atom is 0.163 e. The van der Waals surface area contributed by atoms with Gasteiger partial charge in [0.25, 0.3) is 0 Å². The van der Waals surface area contributed by atoms with Crippen LogP contribution in [-0.4, -0.2) is 24.2 Å². The minimum absolute atomic E-state index is 0.588. The van der Waals surface area contributed by atoms with Crippen molar-refractivity contribution < 1.29 is 9.47 Å². The van der Waals surface area contributed by atoms with Crippen molar-refractivity contribution in [3.8, 4) is 11.5 Å². The number of rotatable bonds is 10. The molecule has 0 bridgehead atoms. The van der Waals surface area contributed by atoms with E-state index >= 15 is 0 Å². The molecular weight excluding hydrogens is 398 g/mol. The summed E-state index contributed by atoms with van der Waals surface area (Å²) in [7, 11) is 0.